The Morgan fingerprint density at radius 2 is 2.00 bits per heavy atom. The molecule has 5 heteroatoms. The number of carboxylic acid groups (broad SMARTS) is 1. The van der Waals surface area contributed by atoms with E-state index in [2.05, 4.69) is 12.2 Å². The van der Waals surface area contributed by atoms with Crippen molar-refractivity contribution >= 4 is 23.6 Å². The summed E-state index contributed by atoms with van der Waals surface area (Å²) < 4.78 is 0. The average Bonchev–Trinajstić information content (AvgIpc) is 2.40. The molecule has 1 unspecified atom stereocenters. The zero-order valence-electron chi connectivity index (χ0n) is 11.0. The molecule has 1 aromatic rings. The van der Waals surface area contributed by atoms with Crippen molar-refractivity contribution in [2.75, 3.05) is 18.1 Å². The van der Waals surface area contributed by atoms with Gasteiger partial charge >= 0.3 is 5.97 Å². The maximum Gasteiger partial charge on any atom is 0.312 e. The highest BCUT2D eigenvalue weighted by atomic mass is 32.2. The van der Waals surface area contributed by atoms with E-state index in [0.29, 0.717) is 11.3 Å². The molecule has 19 heavy (non-hydrogen) atoms. The van der Waals surface area contributed by atoms with Crippen LogP contribution in [0.1, 0.15) is 24.8 Å². The van der Waals surface area contributed by atoms with Gasteiger partial charge in [0.1, 0.15) is 0 Å². The fourth-order valence-corrected chi connectivity index (χ4v) is 2.33. The fraction of sp³-hybridized carbons (Fsp3) is 0.429. The molecule has 0 aliphatic rings. The summed E-state index contributed by atoms with van der Waals surface area (Å²) in [7, 11) is 0. The lowest BCUT2D eigenvalue weighted by atomic mass is 9.99. The largest absolute Gasteiger partial charge is 0.481 e. The Balaban J connectivity index is 2.47. The third-order valence-electron chi connectivity index (χ3n) is 2.59. The van der Waals surface area contributed by atoms with Crippen LogP contribution in [0, 0.1) is 0 Å². The van der Waals surface area contributed by atoms with Crippen molar-refractivity contribution in [3.63, 3.8) is 0 Å². The summed E-state index contributed by atoms with van der Waals surface area (Å²) >= 11 is 1.56. The van der Waals surface area contributed by atoms with E-state index in [-0.39, 0.29) is 12.5 Å². The van der Waals surface area contributed by atoms with E-state index < -0.39 is 11.9 Å². The number of hydrogen-bond donors (Lipinski definition) is 2. The first kappa shape index (κ1) is 15.6. The SMILES string of the molecule is CCCSCC(=O)NCC(C(=O)O)c1ccccc1. The Morgan fingerprint density at radius 1 is 1.32 bits per heavy atom. The smallest absolute Gasteiger partial charge is 0.312 e. The molecule has 0 aliphatic heterocycles. The van der Waals surface area contributed by atoms with Gasteiger partial charge in [0, 0.05) is 6.54 Å². The summed E-state index contributed by atoms with van der Waals surface area (Å²) in [6, 6.07) is 8.95. The van der Waals surface area contributed by atoms with Crippen molar-refractivity contribution in [1.29, 1.82) is 0 Å². The first-order chi connectivity index (χ1) is 9.15. The molecule has 0 radical (unpaired) electrons. The molecule has 0 bridgehead atoms. The van der Waals surface area contributed by atoms with Crippen LogP contribution in [0.3, 0.4) is 0 Å². The highest BCUT2D eigenvalue weighted by molar-refractivity contribution is 7.99. The minimum Gasteiger partial charge on any atom is -0.481 e. The van der Waals surface area contributed by atoms with Crippen molar-refractivity contribution in [2.24, 2.45) is 0 Å². The molecular formula is C14H19NO3S. The van der Waals surface area contributed by atoms with Gasteiger partial charge in [-0.25, -0.2) is 0 Å². The van der Waals surface area contributed by atoms with Crippen LogP contribution in [0.5, 0.6) is 0 Å². The minimum atomic E-state index is -0.923. The molecule has 1 atom stereocenters. The fourth-order valence-electron chi connectivity index (χ4n) is 1.61. The zero-order valence-corrected chi connectivity index (χ0v) is 11.8. The number of nitrogens with one attached hydrogen (secondary N) is 1. The standard InChI is InChI=1S/C14H19NO3S/c1-2-8-19-10-13(16)15-9-12(14(17)18)11-6-4-3-5-7-11/h3-7,12H,2,8-10H2,1H3,(H,15,16)(H,17,18). The highest BCUT2D eigenvalue weighted by Crippen LogP contribution is 2.14. The van der Waals surface area contributed by atoms with Crippen LogP contribution in [-0.2, 0) is 9.59 Å². The summed E-state index contributed by atoms with van der Waals surface area (Å²) in [6.45, 7) is 2.19. The second-order valence-electron chi connectivity index (χ2n) is 4.16. The molecule has 0 spiro atoms. The molecule has 4 nitrogen and oxygen atoms in total. The lowest BCUT2D eigenvalue weighted by Gasteiger charge is -2.13. The topological polar surface area (TPSA) is 66.4 Å². The Kier molecular flexibility index (Phi) is 7.03. The Morgan fingerprint density at radius 3 is 2.58 bits per heavy atom. The number of carbonyl (C=O) groups is 2. The van der Waals surface area contributed by atoms with Crippen LogP contribution < -0.4 is 5.32 Å². The quantitative estimate of drug-likeness (QED) is 0.716. The van der Waals surface area contributed by atoms with Crippen molar-refractivity contribution in [2.45, 2.75) is 19.3 Å². The number of benzene rings is 1. The van der Waals surface area contributed by atoms with Gasteiger partial charge in [0.2, 0.25) is 5.91 Å². The lowest BCUT2D eigenvalue weighted by Crippen LogP contribution is -2.32. The third kappa shape index (κ3) is 5.79. The molecule has 0 aliphatic carbocycles. The van der Waals surface area contributed by atoms with E-state index in [1.807, 2.05) is 6.07 Å². The molecule has 0 saturated carbocycles. The number of thioether (sulfide) groups is 1. The number of carbonyl (C=O) groups excluding carboxylic acids is 1. The third-order valence-corrected chi connectivity index (χ3v) is 3.75. The maximum absolute atomic E-state index is 11.6. The number of rotatable bonds is 8. The molecule has 0 heterocycles. The number of amides is 1. The van der Waals surface area contributed by atoms with Crippen LogP contribution >= 0.6 is 11.8 Å². The zero-order chi connectivity index (χ0) is 14.1. The van der Waals surface area contributed by atoms with Crippen molar-refractivity contribution in [1.82, 2.24) is 5.32 Å². The summed E-state index contributed by atoms with van der Waals surface area (Å²) in [5.74, 6) is -0.404. The average molecular weight is 281 g/mol. The molecule has 104 valence electrons. The van der Waals surface area contributed by atoms with E-state index in [9.17, 15) is 14.7 Å². The van der Waals surface area contributed by atoms with Gasteiger partial charge in [-0.1, -0.05) is 37.3 Å². The Hall–Kier alpha value is -1.49. The van der Waals surface area contributed by atoms with Gasteiger partial charge in [0.25, 0.3) is 0 Å². The first-order valence-electron chi connectivity index (χ1n) is 6.27. The van der Waals surface area contributed by atoms with Crippen molar-refractivity contribution in [3.05, 3.63) is 35.9 Å². The predicted molar refractivity (Wildman–Crippen MR) is 77.4 cm³/mol. The van der Waals surface area contributed by atoms with E-state index in [0.717, 1.165) is 12.2 Å². The Labute approximate surface area is 117 Å². The summed E-state index contributed by atoms with van der Waals surface area (Å²) in [6.07, 6.45) is 1.03. The van der Waals surface area contributed by atoms with Crippen molar-refractivity contribution in [3.8, 4) is 0 Å². The molecule has 0 aromatic heterocycles. The van der Waals surface area contributed by atoms with Crippen LogP contribution in [0.2, 0.25) is 0 Å². The van der Waals surface area contributed by atoms with Gasteiger partial charge in [-0.15, -0.1) is 0 Å². The Bertz CT molecular complexity index is 408. The minimum absolute atomic E-state index is 0.111. The van der Waals surface area contributed by atoms with Gasteiger partial charge in [0.05, 0.1) is 11.7 Å². The predicted octanol–water partition coefficient (Wildman–Crippen LogP) is 2.11. The normalized spacial score (nSPS) is 11.8. The molecule has 0 saturated heterocycles. The molecule has 2 N–H and O–H groups in total. The molecular weight excluding hydrogens is 262 g/mol. The van der Waals surface area contributed by atoms with Crippen LogP contribution in [0.15, 0.2) is 30.3 Å². The first-order valence-corrected chi connectivity index (χ1v) is 7.42. The second-order valence-corrected chi connectivity index (χ2v) is 5.26. The molecule has 1 rings (SSSR count). The van der Waals surface area contributed by atoms with E-state index in [1.165, 1.54) is 0 Å². The highest BCUT2D eigenvalue weighted by Gasteiger charge is 2.20. The van der Waals surface area contributed by atoms with Crippen molar-refractivity contribution < 1.29 is 14.7 Å². The molecule has 1 amide bonds. The van der Waals surface area contributed by atoms with E-state index >= 15 is 0 Å². The maximum atomic E-state index is 11.6. The monoisotopic (exact) mass is 281 g/mol. The second kappa shape index (κ2) is 8.58. The van der Waals surface area contributed by atoms with Gasteiger partial charge < -0.3 is 10.4 Å². The van der Waals surface area contributed by atoms with E-state index in [4.69, 9.17) is 0 Å². The van der Waals surface area contributed by atoms with Gasteiger partial charge in [-0.3, -0.25) is 9.59 Å². The van der Waals surface area contributed by atoms with Crippen LogP contribution in [0.4, 0.5) is 0 Å². The van der Waals surface area contributed by atoms with Gasteiger partial charge in [-0.2, -0.15) is 11.8 Å². The number of hydrogen-bond acceptors (Lipinski definition) is 3. The summed E-state index contributed by atoms with van der Waals surface area (Å²) in [5, 5.41) is 11.9. The lowest BCUT2D eigenvalue weighted by molar-refractivity contribution is -0.138. The summed E-state index contributed by atoms with van der Waals surface area (Å²) in [5.41, 5.74) is 0.705. The van der Waals surface area contributed by atoms with Gasteiger partial charge in [0.15, 0.2) is 0 Å². The summed E-state index contributed by atoms with van der Waals surface area (Å²) in [4.78, 5) is 22.8. The number of carboxylic acids is 1. The number of aliphatic carboxylic acids is 1. The van der Waals surface area contributed by atoms with Gasteiger partial charge in [-0.05, 0) is 17.7 Å². The molecule has 0 fully saturated rings. The van der Waals surface area contributed by atoms with Crippen LogP contribution in [0.25, 0.3) is 0 Å². The van der Waals surface area contributed by atoms with E-state index in [1.54, 1.807) is 36.0 Å². The molecule has 1 aromatic carbocycles. The van der Waals surface area contributed by atoms with Crippen LogP contribution in [-0.4, -0.2) is 35.0 Å².